The van der Waals surface area contributed by atoms with E-state index in [1.807, 2.05) is 0 Å². The lowest BCUT2D eigenvalue weighted by Gasteiger charge is -2.27. The Kier molecular flexibility index (Phi) is 8.53. The van der Waals surface area contributed by atoms with Gasteiger partial charge in [-0.2, -0.15) is 0 Å². The second-order valence-electron chi connectivity index (χ2n) is 4.64. The fourth-order valence-corrected chi connectivity index (χ4v) is 2.26. The van der Waals surface area contributed by atoms with Crippen molar-refractivity contribution in [3.05, 3.63) is 18.5 Å². The molecule has 114 valence electrons. The average molecular weight is 322 g/mol. The summed E-state index contributed by atoms with van der Waals surface area (Å²) in [6.07, 6.45) is 5.00. The number of carbonyl (C=O) groups is 1. The third-order valence-corrected chi connectivity index (χ3v) is 3.25. The molecule has 5 nitrogen and oxygen atoms in total. The zero-order valence-corrected chi connectivity index (χ0v) is 13.2. The molecule has 0 aromatic carbocycles. The van der Waals surface area contributed by atoms with Crippen LogP contribution in [0.1, 0.15) is 19.8 Å². The van der Waals surface area contributed by atoms with E-state index in [1.165, 1.54) is 0 Å². The van der Waals surface area contributed by atoms with Crippen molar-refractivity contribution < 1.29 is 9.53 Å². The van der Waals surface area contributed by atoms with Gasteiger partial charge in [0.25, 0.3) is 0 Å². The van der Waals surface area contributed by atoms with E-state index in [1.54, 1.807) is 25.6 Å². The van der Waals surface area contributed by atoms with Gasteiger partial charge < -0.3 is 15.4 Å². The van der Waals surface area contributed by atoms with Gasteiger partial charge in [0.1, 0.15) is 11.4 Å². The number of hydrogen-bond acceptors (Lipinski definition) is 4. The molecule has 20 heavy (non-hydrogen) atoms. The molecule has 1 aromatic rings. The van der Waals surface area contributed by atoms with Crippen LogP contribution in [0.3, 0.4) is 0 Å². The number of methoxy groups -OCH3 is 1. The molecule has 1 fully saturated rings. The first-order valence-corrected chi connectivity index (χ1v) is 6.23. The predicted octanol–water partition coefficient (Wildman–Crippen LogP) is 2.26. The number of ether oxygens (including phenoxy) is 1. The molecular formula is C13H21Cl2N3O2. The van der Waals surface area contributed by atoms with Crippen LogP contribution < -0.4 is 15.4 Å². The van der Waals surface area contributed by atoms with Gasteiger partial charge in [0, 0.05) is 24.2 Å². The Hall–Kier alpha value is -1.04. The van der Waals surface area contributed by atoms with Crippen LogP contribution in [0.2, 0.25) is 0 Å². The molecule has 0 spiro atoms. The minimum absolute atomic E-state index is 0. The molecule has 0 aliphatic carbocycles. The summed E-state index contributed by atoms with van der Waals surface area (Å²) in [5, 5.41) is 6.23. The lowest BCUT2D eigenvalue weighted by Crippen LogP contribution is -2.40. The minimum Gasteiger partial charge on any atom is -0.494 e. The van der Waals surface area contributed by atoms with Gasteiger partial charge in [-0.25, -0.2) is 0 Å². The van der Waals surface area contributed by atoms with Gasteiger partial charge in [-0.3, -0.25) is 9.78 Å². The van der Waals surface area contributed by atoms with Gasteiger partial charge in [0.15, 0.2) is 0 Å². The number of pyridine rings is 1. The van der Waals surface area contributed by atoms with Gasteiger partial charge in [-0.15, -0.1) is 24.8 Å². The number of nitrogens with one attached hydrogen (secondary N) is 2. The van der Waals surface area contributed by atoms with Crippen molar-refractivity contribution in [1.29, 1.82) is 0 Å². The highest BCUT2D eigenvalue weighted by Gasteiger charge is 2.25. The van der Waals surface area contributed by atoms with Gasteiger partial charge in [-0.1, -0.05) is 0 Å². The van der Waals surface area contributed by atoms with Crippen LogP contribution in [0.25, 0.3) is 0 Å². The van der Waals surface area contributed by atoms with Crippen LogP contribution in [0, 0.1) is 5.92 Å². The molecule has 0 radical (unpaired) electrons. The van der Waals surface area contributed by atoms with Crippen molar-refractivity contribution >= 4 is 36.4 Å². The molecule has 2 heterocycles. The van der Waals surface area contributed by atoms with Crippen LogP contribution in [0.4, 0.5) is 5.69 Å². The van der Waals surface area contributed by atoms with Crippen molar-refractivity contribution in [2.45, 2.75) is 25.8 Å². The molecule has 0 bridgehead atoms. The molecule has 1 aromatic heterocycles. The lowest BCUT2D eigenvalue weighted by molar-refractivity contribution is -0.120. The van der Waals surface area contributed by atoms with Crippen molar-refractivity contribution in [2.75, 3.05) is 19.0 Å². The van der Waals surface area contributed by atoms with Crippen LogP contribution in [0.15, 0.2) is 18.5 Å². The average Bonchev–Trinajstić information content (AvgIpc) is 2.39. The summed E-state index contributed by atoms with van der Waals surface area (Å²) in [7, 11) is 1.58. The molecule has 2 rings (SSSR count). The highest BCUT2D eigenvalue weighted by molar-refractivity contribution is 5.93. The van der Waals surface area contributed by atoms with Crippen LogP contribution >= 0.6 is 24.8 Å². The Morgan fingerprint density at radius 3 is 2.90 bits per heavy atom. The Labute approximate surface area is 131 Å². The SMILES string of the molecule is COc1ccncc1NC(=O)[C@H]1CCN[C@@H](C)C1.Cl.Cl. The summed E-state index contributed by atoms with van der Waals surface area (Å²) in [4.78, 5) is 16.2. The zero-order chi connectivity index (χ0) is 13.0. The number of halogens is 2. The number of amides is 1. The van der Waals surface area contributed by atoms with Gasteiger partial charge >= 0.3 is 0 Å². The molecular weight excluding hydrogens is 301 g/mol. The first-order chi connectivity index (χ1) is 8.70. The van der Waals surface area contributed by atoms with E-state index >= 15 is 0 Å². The van der Waals surface area contributed by atoms with E-state index in [0.29, 0.717) is 17.5 Å². The summed E-state index contributed by atoms with van der Waals surface area (Å²) in [6.45, 7) is 2.99. The first-order valence-electron chi connectivity index (χ1n) is 6.23. The maximum absolute atomic E-state index is 12.2. The molecule has 0 unspecified atom stereocenters. The number of aromatic nitrogens is 1. The number of carbonyl (C=O) groups excluding carboxylic acids is 1. The standard InChI is InChI=1S/C13H19N3O2.2ClH/c1-9-7-10(3-6-15-9)13(17)16-11-8-14-5-4-12(11)18-2;;/h4-5,8-10,15H,3,6-7H2,1-2H3,(H,16,17);2*1H/t9-,10-;;/m0../s1. The second kappa shape index (κ2) is 9.00. The number of piperidine rings is 1. The number of hydrogen-bond donors (Lipinski definition) is 2. The fourth-order valence-electron chi connectivity index (χ4n) is 2.26. The highest BCUT2D eigenvalue weighted by Crippen LogP contribution is 2.24. The quantitative estimate of drug-likeness (QED) is 0.896. The summed E-state index contributed by atoms with van der Waals surface area (Å²) >= 11 is 0. The number of anilines is 1. The van der Waals surface area contributed by atoms with E-state index < -0.39 is 0 Å². The summed E-state index contributed by atoms with van der Waals surface area (Å²) < 4.78 is 5.19. The molecule has 1 aliphatic heterocycles. The Balaban J connectivity index is 0.00000180. The Morgan fingerprint density at radius 2 is 2.25 bits per heavy atom. The molecule has 0 saturated carbocycles. The van der Waals surface area contributed by atoms with Gasteiger partial charge in [0.2, 0.25) is 5.91 Å². The molecule has 7 heteroatoms. The van der Waals surface area contributed by atoms with Crippen LogP contribution in [-0.2, 0) is 4.79 Å². The third kappa shape index (κ3) is 4.81. The van der Waals surface area contributed by atoms with Crippen molar-refractivity contribution in [3.63, 3.8) is 0 Å². The smallest absolute Gasteiger partial charge is 0.227 e. The van der Waals surface area contributed by atoms with Gasteiger partial charge in [-0.05, 0) is 26.3 Å². The van der Waals surface area contributed by atoms with E-state index in [2.05, 4.69) is 22.5 Å². The summed E-state index contributed by atoms with van der Waals surface area (Å²) in [6, 6.07) is 2.13. The largest absolute Gasteiger partial charge is 0.494 e. The normalized spacial score (nSPS) is 21.1. The molecule has 2 N–H and O–H groups in total. The molecule has 1 saturated heterocycles. The second-order valence-corrected chi connectivity index (χ2v) is 4.64. The molecule has 2 atom stereocenters. The minimum atomic E-state index is 0. The monoisotopic (exact) mass is 321 g/mol. The van der Waals surface area contributed by atoms with E-state index in [9.17, 15) is 4.79 Å². The van der Waals surface area contributed by atoms with Crippen LogP contribution in [-0.4, -0.2) is 30.6 Å². The summed E-state index contributed by atoms with van der Waals surface area (Å²) in [5.74, 6) is 0.751. The number of rotatable bonds is 3. The summed E-state index contributed by atoms with van der Waals surface area (Å²) in [5.41, 5.74) is 0.635. The maximum Gasteiger partial charge on any atom is 0.227 e. The van der Waals surface area contributed by atoms with E-state index in [4.69, 9.17) is 4.74 Å². The van der Waals surface area contributed by atoms with E-state index in [0.717, 1.165) is 19.4 Å². The maximum atomic E-state index is 12.2. The zero-order valence-electron chi connectivity index (χ0n) is 11.6. The number of nitrogens with zero attached hydrogens (tertiary/aromatic N) is 1. The topological polar surface area (TPSA) is 63.2 Å². The molecule has 1 amide bonds. The van der Waals surface area contributed by atoms with E-state index in [-0.39, 0.29) is 36.6 Å². The molecule has 1 aliphatic rings. The fraction of sp³-hybridized carbons (Fsp3) is 0.538. The first kappa shape index (κ1) is 19.0. The van der Waals surface area contributed by atoms with Crippen molar-refractivity contribution in [1.82, 2.24) is 10.3 Å². The highest BCUT2D eigenvalue weighted by atomic mass is 35.5. The van der Waals surface area contributed by atoms with Crippen molar-refractivity contribution in [3.8, 4) is 5.75 Å². The van der Waals surface area contributed by atoms with Gasteiger partial charge in [0.05, 0.1) is 13.3 Å². The van der Waals surface area contributed by atoms with Crippen LogP contribution in [0.5, 0.6) is 5.75 Å². The third-order valence-electron chi connectivity index (χ3n) is 3.25. The lowest BCUT2D eigenvalue weighted by atomic mass is 9.92. The predicted molar refractivity (Wildman–Crippen MR) is 84.1 cm³/mol. The Morgan fingerprint density at radius 1 is 1.50 bits per heavy atom. The van der Waals surface area contributed by atoms with Crippen molar-refractivity contribution in [2.24, 2.45) is 5.92 Å². The Bertz CT molecular complexity index is 432.